The fourth-order valence-electron chi connectivity index (χ4n) is 2.30. The molecule has 4 rings (SSSR count). The van der Waals surface area contributed by atoms with E-state index in [1.165, 1.54) is 0 Å². The third-order valence-corrected chi connectivity index (χ3v) is 3.55. The maximum Gasteiger partial charge on any atom is 0.129 e. The minimum absolute atomic E-state index is 0.497. The van der Waals surface area contributed by atoms with Crippen LogP contribution in [0.1, 0.15) is 0 Å². The molecule has 0 fully saturated rings. The zero-order chi connectivity index (χ0) is 14.2. The second kappa shape index (κ2) is 4.79. The first-order chi connectivity index (χ1) is 10.3. The van der Waals surface area contributed by atoms with Gasteiger partial charge >= 0.3 is 0 Å². The van der Waals surface area contributed by atoms with Crippen LogP contribution < -0.4 is 0 Å². The summed E-state index contributed by atoms with van der Waals surface area (Å²) in [6, 6.07) is 18.3. The van der Waals surface area contributed by atoms with E-state index in [2.05, 4.69) is 21.0 Å². The van der Waals surface area contributed by atoms with E-state index in [1.54, 1.807) is 12.3 Å². The Bertz CT molecular complexity index is 966. The van der Waals surface area contributed by atoms with Crippen molar-refractivity contribution in [3.63, 3.8) is 0 Å². The van der Waals surface area contributed by atoms with Gasteiger partial charge in [-0.25, -0.2) is 9.97 Å². The van der Waals surface area contributed by atoms with Gasteiger partial charge in [0.1, 0.15) is 5.15 Å². The Hall–Kier alpha value is -2.52. The van der Waals surface area contributed by atoms with Crippen LogP contribution in [-0.2, 0) is 0 Å². The molecule has 0 amide bonds. The maximum absolute atomic E-state index is 5.90. The van der Waals surface area contributed by atoms with Gasteiger partial charge in [0, 0.05) is 10.9 Å². The van der Waals surface area contributed by atoms with Gasteiger partial charge in [0.2, 0.25) is 0 Å². The maximum atomic E-state index is 5.90. The normalized spacial score (nSPS) is 11.1. The minimum Gasteiger partial charge on any atom is -0.252 e. The molecule has 0 unspecified atom stereocenters. The fourth-order valence-corrected chi connectivity index (χ4v) is 2.45. The van der Waals surface area contributed by atoms with Gasteiger partial charge in [-0.3, -0.25) is 4.98 Å². The van der Waals surface area contributed by atoms with Crippen molar-refractivity contribution in [3.05, 3.63) is 65.9 Å². The molecule has 0 spiro atoms. The number of hydrogen-bond acceptors (Lipinski definition) is 3. The van der Waals surface area contributed by atoms with Crippen molar-refractivity contribution in [3.8, 4) is 11.3 Å². The van der Waals surface area contributed by atoms with Crippen LogP contribution in [0.5, 0.6) is 0 Å². The zero-order valence-corrected chi connectivity index (χ0v) is 11.7. The van der Waals surface area contributed by atoms with Crippen molar-refractivity contribution in [2.45, 2.75) is 0 Å². The van der Waals surface area contributed by atoms with E-state index in [9.17, 15) is 0 Å². The summed E-state index contributed by atoms with van der Waals surface area (Å²) < 4.78 is 0. The number of halogens is 1. The smallest absolute Gasteiger partial charge is 0.129 e. The lowest BCUT2D eigenvalue weighted by molar-refractivity contribution is 1.29. The predicted octanol–water partition coefficient (Wildman–Crippen LogP) is 4.30. The monoisotopic (exact) mass is 290 g/mol. The topological polar surface area (TPSA) is 38.7 Å². The van der Waals surface area contributed by atoms with Gasteiger partial charge in [-0.2, -0.15) is 0 Å². The summed E-state index contributed by atoms with van der Waals surface area (Å²) in [5.74, 6) is 0. The number of nitrogens with zero attached hydrogens (tertiary/aromatic N) is 3. The first-order valence-electron chi connectivity index (χ1n) is 6.49. The van der Waals surface area contributed by atoms with Crippen LogP contribution in [0.3, 0.4) is 0 Å². The summed E-state index contributed by atoms with van der Waals surface area (Å²) in [6.07, 6.45) is 1.78. The molecule has 3 nitrogen and oxygen atoms in total. The summed E-state index contributed by atoms with van der Waals surface area (Å²) in [6.45, 7) is 0. The lowest BCUT2D eigenvalue weighted by Gasteiger charge is -2.04. The Morgan fingerprint density at radius 1 is 0.905 bits per heavy atom. The highest BCUT2D eigenvalue weighted by molar-refractivity contribution is 6.29. The molecule has 4 aromatic rings. The number of fused-ring (bicyclic) bond motifs is 2. The third kappa shape index (κ3) is 2.22. The molecule has 0 saturated carbocycles. The van der Waals surface area contributed by atoms with Gasteiger partial charge in [-0.05, 0) is 42.5 Å². The van der Waals surface area contributed by atoms with E-state index in [-0.39, 0.29) is 0 Å². The van der Waals surface area contributed by atoms with E-state index in [1.807, 2.05) is 42.5 Å². The van der Waals surface area contributed by atoms with Crippen LogP contribution in [0, 0.1) is 6.07 Å². The standard InChI is InChI=1S/C17H9ClN3/c18-17-8-6-11-9-12(5-7-13(11)21-17)16-10-19-14-3-1-2-4-15(14)20-16/h1,3-10H. The Balaban J connectivity index is 1.89. The third-order valence-electron chi connectivity index (χ3n) is 3.34. The van der Waals surface area contributed by atoms with E-state index >= 15 is 0 Å². The summed E-state index contributed by atoms with van der Waals surface area (Å²) in [4.78, 5) is 13.3. The summed E-state index contributed by atoms with van der Waals surface area (Å²) in [5.41, 5.74) is 4.41. The van der Waals surface area contributed by atoms with Crippen molar-refractivity contribution in [1.82, 2.24) is 15.0 Å². The fraction of sp³-hybridized carbons (Fsp3) is 0. The molecule has 2 heterocycles. The Kier molecular flexibility index (Phi) is 2.79. The van der Waals surface area contributed by atoms with Gasteiger partial charge in [0.05, 0.1) is 28.4 Å². The SMILES string of the molecule is Clc1ccc2cc(-c3cnc4cc[c]cc4n3)ccc2n1. The zero-order valence-electron chi connectivity index (χ0n) is 10.9. The number of benzene rings is 2. The molecule has 99 valence electrons. The van der Waals surface area contributed by atoms with Crippen molar-refractivity contribution >= 4 is 33.5 Å². The Labute approximate surface area is 126 Å². The van der Waals surface area contributed by atoms with Gasteiger partial charge in [-0.1, -0.05) is 23.7 Å². The van der Waals surface area contributed by atoms with Crippen LogP contribution in [-0.4, -0.2) is 15.0 Å². The van der Waals surface area contributed by atoms with Crippen molar-refractivity contribution < 1.29 is 0 Å². The average Bonchev–Trinajstić information content (AvgIpc) is 2.54. The average molecular weight is 291 g/mol. The van der Waals surface area contributed by atoms with Crippen LogP contribution in [0.25, 0.3) is 33.2 Å². The van der Waals surface area contributed by atoms with E-state index in [0.29, 0.717) is 5.15 Å². The molecule has 0 saturated heterocycles. The molecular formula is C17H9ClN3. The quantitative estimate of drug-likeness (QED) is 0.491. The largest absolute Gasteiger partial charge is 0.252 e. The highest BCUT2D eigenvalue weighted by atomic mass is 35.5. The molecule has 0 aliphatic rings. The molecule has 21 heavy (non-hydrogen) atoms. The second-order valence-electron chi connectivity index (χ2n) is 4.71. The van der Waals surface area contributed by atoms with E-state index in [4.69, 9.17) is 11.6 Å². The molecule has 0 aliphatic carbocycles. The number of pyridine rings is 1. The van der Waals surface area contributed by atoms with Crippen LogP contribution >= 0.6 is 11.6 Å². The molecule has 2 aromatic carbocycles. The van der Waals surface area contributed by atoms with Gasteiger partial charge in [-0.15, -0.1) is 0 Å². The van der Waals surface area contributed by atoms with E-state index < -0.39 is 0 Å². The van der Waals surface area contributed by atoms with Crippen LogP contribution in [0.4, 0.5) is 0 Å². The molecule has 4 heteroatoms. The molecule has 0 aliphatic heterocycles. The highest BCUT2D eigenvalue weighted by Gasteiger charge is 2.04. The first-order valence-corrected chi connectivity index (χ1v) is 6.87. The van der Waals surface area contributed by atoms with Crippen LogP contribution in [0.2, 0.25) is 5.15 Å². The second-order valence-corrected chi connectivity index (χ2v) is 5.10. The molecule has 2 aromatic heterocycles. The first kappa shape index (κ1) is 12.2. The Morgan fingerprint density at radius 2 is 1.86 bits per heavy atom. The number of hydrogen-bond donors (Lipinski definition) is 0. The van der Waals surface area contributed by atoms with Gasteiger partial charge in [0.25, 0.3) is 0 Å². The molecular weight excluding hydrogens is 282 g/mol. The highest BCUT2D eigenvalue weighted by Crippen LogP contribution is 2.24. The number of aromatic nitrogens is 3. The molecule has 0 atom stereocenters. The van der Waals surface area contributed by atoms with Crippen molar-refractivity contribution in [1.29, 1.82) is 0 Å². The van der Waals surface area contributed by atoms with Crippen molar-refractivity contribution in [2.24, 2.45) is 0 Å². The minimum atomic E-state index is 0.497. The van der Waals surface area contributed by atoms with Crippen LogP contribution in [0.15, 0.2) is 54.7 Å². The van der Waals surface area contributed by atoms with Gasteiger partial charge in [0.15, 0.2) is 0 Å². The lowest BCUT2D eigenvalue weighted by atomic mass is 10.1. The van der Waals surface area contributed by atoms with Crippen molar-refractivity contribution in [2.75, 3.05) is 0 Å². The summed E-state index contributed by atoms with van der Waals surface area (Å²) >= 11 is 5.90. The summed E-state index contributed by atoms with van der Waals surface area (Å²) in [5, 5.41) is 1.52. The van der Waals surface area contributed by atoms with E-state index in [0.717, 1.165) is 33.2 Å². The lowest BCUT2D eigenvalue weighted by Crippen LogP contribution is -1.89. The molecule has 0 bridgehead atoms. The predicted molar refractivity (Wildman–Crippen MR) is 84.1 cm³/mol. The Morgan fingerprint density at radius 3 is 2.81 bits per heavy atom. The molecule has 0 N–H and O–H groups in total. The van der Waals surface area contributed by atoms with Gasteiger partial charge < -0.3 is 0 Å². The molecule has 1 radical (unpaired) electrons. The number of rotatable bonds is 1. The summed E-state index contributed by atoms with van der Waals surface area (Å²) in [7, 11) is 0.